The summed E-state index contributed by atoms with van der Waals surface area (Å²) in [5.74, 6) is -0.150. The molecule has 0 bridgehead atoms. The number of aromatic nitrogens is 1. The molecule has 1 fully saturated rings. The van der Waals surface area contributed by atoms with Crippen LogP contribution in [0.4, 0.5) is 11.4 Å². The Bertz CT molecular complexity index is 757. The summed E-state index contributed by atoms with van der Waals surface area (Å²) in [6, 6.07) is 7.86. The van der Waals surface area contributed by atoms with Crippen LogP contribution in [0.1, 0.15) is 21.5 Å². The average molecular weight is 354 g/mol. The second-order valence-electron chi connectivity index (χ2n) is 6.62. The summed E-state index contributed by atoms with van der Waals surface area (Å²) in [5, 5.41) is 6.32. The minimum Gasteiger partial charge on any atom is -0.382 e. The Hall–Kier alpha value is -2.44. The maximum absolute atomic E-state index is 12.5. The van der Waals surface area contributed by atoms with Crippen LogP contribution in [0.2, 0.25) is 0 Å². The van der Waals surface area contributed by atoms with Gasteiger partial charge in [0.05, 0.1) is 24.5 Å². The lowest BCUT2D eigenvalue weighted by Crippen LogP contribution is -2.39. The third-order valence-corrected chi connectivity index (χ3v) is 4.50. The summed E-state index contributed by atoms with van der Waals surface area (Å²) in [5.41, 5.74) is 4.38. The molecule has 0 radical (unpaired) electrons. The predicted octanol–water partition coefficient (Wildman–Crippen LogP) is 2.69. The molecule has 0 atom stereocenters. The lowest BCUT2D eigenvalue weighted by Gasteiger charge is -2.26. The molecule has 1 aliphatic rings. The number of aryl methyl sites for hydroxylation is 2. The molecular formula is C20H26N4O2. The Kier molecular flexibility index (Phi) is 6.20. The lowest BCUT2D eigenvalue weighted by molar-refractivity contribution is 0.0398. The van der Waals surface area contributed by atoms with Crippen LogP contribution in [0.15, 0.2) is 36.7 Å². The van der Waals surface area contributed by atoms with E-state index in [1.807, 2.05) is 38.1 Å². The number of hydrogen-bond donors (Lipinski definition) is 2. The van der Waals surface area contributed by atoms with Crippen LogP contribution in [-0.4, -0.2) is 55.2 Å². The molecule has 138 valence electrons. The Morgan fingerprint density at radius 3 is 2.81 bits per heavy atom. The zero-order valence-electron chi connectivity index (χ0n) is 15.4. The van der Waals surface area contributed by atoms with E-state index >= 15 is 0 Å². The first-order valence-corrected chi connectivity index (χ1v) is 8.99. The van der Waals surface area contributed by atoms with Crippen LogP contribution in [-0.2, 0) is 4.74 Å². The molecule has 1 aliphatic heterocycles. The fourth-order valence-electron chi connectivity index (χ4n) is 2.91. The molecule has 1 saturated heterocycles. The molecule has 0 spiro atoms. The van der Waals surface area contributed by atoms with Crippen LogP contribution in [0.25, 0.3) is 0 Å². The monoisotopic (exact) mass is 354 g/mol. The van der Waals surface area contributed by atoms with Gasteiger partial charge < -0.3 is 15.4 Å². The minimum atomic E-state index is -0.150. The summed E-state index contributed by atoms with van der Waals surface area (Å²) < 4.78 is 5.35. The van der Waals surface area contributed by atoms with Gasteiger partial charge in [-0.2, -0.15) is 0 Å². The van der Waals surface area contributed by atoms with Crippen LogP contribution in [0.3, 0.4) is 0 Å². The highest BCUT2D eigenvalue weighted by atomic mass is 16.5. The average Bonchev–Trinajstić information content (AvgIpc) is 2.66. The van der Waals surface area contributed by atoms with Gasteiger partial charge in [0.25, 0.3) is 5.91 Å². The molecule has 3 rings (SSSR count). The highest BCUT2D eigenvalue weighted by molar-refractivity contribution is 6.05. The highest BCUT2D eigenvalue weighted by Gasteiger charge is 2.11. The summed E-state index contributed by atoms with van der Waals surface area (Å²) in [4.78, 5) is 19.1. The number of nitrogens with one attached hydrogen (secondary N) is 2. The van der Waals surface area contributed by atoms with E-state index in [0.29, 0.717) is 5.56 Å². The number of amides is 1. The topological polar surface area (TPSA) is 66.5 Å². The van der Waals surface area contributed by atoms with E-state index in [1.165, 1.54) is 0 Å². The van der Waals surface area contributed by atoms with Crippen molar-refractivity contribution < 1.29 is 9.53 Å². The number of hydrogen-bond acceptors (Lipinski definition) is 5. The number of pyridine rings is 1. The van der Waals surface area contributed by atoms with Crippen molar-refractivity contribution in [1.29, 1.82) is 0 Å². The molecule has 26 heavy (non-hydrogen) atoms. The van der Waals surface area contributed by atoms with E-state index in [2.05, 4.69) is 20.5 Å². The van der Waals surface area contributed by atoms with Gasteiger partial charge in [-0.05, 0) is 37.1 Å². The van der Waals surface area contributed by atoms with Gasteiger partial charge in [0, 0.05) is 44.3 Å². The largest absolute Gasteiger partial charge is 0.382 e. The third kappa shape index (κ3) is 5.03. The minimum absolute atomic E-state index is 0.150. The molecule has 0 aliphatic carbocycles. The standard InChI is InChI=1S/C20H26N4O2/c1-15-3-4-16(2)19(11-15)23-20(25)17-12-18(14-21-13-17)22-5-6-24-7-9-26-10-8-24/h3-4,11-14,22H,5-10H2,1-2H3,(H,23,25). The Balaban J connectivity index is 1.57. The summed E-state index contributed by atoms with van der Waals surface area (Å²) in [7, 11) is 0. The molecule has 1 amide bonds. The maximum Gasteiger partial charge on any atom is 0.257 e. The van der Waals surface area contributed by atoms with Gasteiger partial charge in [0.1, 0.15) is 0 Å². The van der Waals surface area contributed by atoms with E-state index in [0.717, 1.165) is 61.9 Å². The maximum atomic E-state index is 12.5. The number of morpholine rings is 1. The highest BCUT2D eigenvalue weighted by Crippen LogP contribution is 2.18. The van der Waals surface area contributed by atoms with Gasteiger partial charge in [-0.25, -0.2) is 0 Å². The van der Waals surface area contributed by atoms with E-state index in [-0.39, 0.29) is 5.91 Å². The number of rotatable bonds is 6. The number of carbonyl (C=O) groups excluding carboxylic acids is 1. The quantitative estimate of drug-likeness (QED) is 0.835. The van der Waals surface area contributed by atoms with Crippen LogP contribution in [0, 0.1) is 13.8 Å². The zero-order chi connectivity index (χ0) is 18.4. The van der Waals surface area contributed by atoms with Crippen molar-refractivity contribution in [3.8, 4) is 0 Å². The molecule has 1 aromatic carbocycles. The van der Waals surface area contributed by atoms with Crippen molar-refractivity contribution >= 4 is 17.3 Å². The first-order valence-electron chi connectivity index (χ1n) is 8.99. The SMILES string of the molecule is Cc1ccc(C)c(NC(=O)c2cncc(NCCN3CCOCC3)c2)c1. The first kappa shape index (κ1) is 18.4. The number of carbonyl (C=O) groups is 1. The van der Waals surface area contributed by atoms with Crippen LogP contribution >= 0.6 is 0 Å². The lowest BCUT2D eigenvalue weighted by atomic mass is 10.1. The van der Waals surface area contributed by atoms with Gasteiger partial charge in [0.15, 0.2) is 0 Å². The van der Waals surface area contributed by atoms with E-state index < -0.39 is 0 Å². The van der Waals surface area contributed by atoms with Crippen molar-refractivity contribution in [2.24, 2.45) is 0 Å². The number of anilines is 2. The zero-order valence-corrected chi connectivity index (χ0v) is 15.4. The molecule has 2 aromatic rings. The van der Waals surface area contributed by atoms with Gasteiger partial charge in [-0.1, -0.05) is 12.1 Å². The molecule has 2 N–H and O–H groups in total. The van der Waals surface area contributed by atoms with Gasteiger partial charge >= 0.3 is 0 Å². The van der Waals surface area contributed by atoms with Crippen molar-refractivity contribution in [1.82, 2.24) is 9.88 Å². The fraction of sp³-hybridized carbons (Fsp3) is 0.400. The summed E-state index contributed by atoms with van der Waals surface area (Å²) in [6.07, 6.45) is 3.33. The Morgan fingerprint density at radius 2 is 2.00 bits per heavy atom. The molecule has 1 aromatic heterocycles. The van der Waals surface area contributed by atoms with Crippen molar-refractivity contribution in [2.45, 2.75) is 13.8 Å². The molecule has 0 unspecified atom stereocenters. The van der Waals surface area contributed by atoms with E-state index in [9.17, 15) is 4.79 Å². The Morgan fingerprint density at radius 1 is 1.19 bits per heavy atom. The van der Waals surface area contributed by atoms with E-state index in [1.54, 1.807) is 12.4 Å². The molecule has 0 saturated carbocycles. The van der Waals surface area contributed by atoms with Gasteiger partial charge in [0.2, 0.25) is 0 Å². The summed E-state index contributed by atoms with van der Waals surface area (Å²) >= 11 is 0. The second kappa shape index (κ2) is 8.78. The first-order chi connectivity index (χ1) is 12.6. The third-order valence-electron chi connectivity index (χ3n) is 4.50. The van der Waals surface area contributed by atoms with Crippen molar-refractivity contribution in [3.05, 3.63) is 53.3 Å². The molecule has 2 heterocycles. The molecule has 6 nitrogen and oxygen atoms in total. The number of ether oxygens (including phenoxy) is 1. The van der Waals surface area contributed by atoms with Crippen molar-refractivity contribution in [3.63, 3.8) is 0 Å². The van der Waals surface area contributed by atoms with Gasteiger partial charge in [-0.15, -0.1) is 0 Å². The predicted molar refractivity (Wildman–Crippen MR) is 104 cm³/mol. The second-order valence-corrected chi connectivity index (χ2v) is 6.62. The number of nitrogens with zero attached hydrogens (tertiary/aromatic N) is 2. The molecular weight excluding hydrogens is 328 g/mol. The Labute approximate surface area is 154 Å². The van der Waals surface area contributed by atoms with Crippen LogP contribution < -0.4 is 10.6 Å². The molecule has 6 heteroatoms. The van der Waals surface area contributed by atoms with Crippen LogP contribution in [0.5, 0.6) is 0 Å². The smallest absolute Gasteiger partial charge is 0.257 e. The summed E-state index contributed by atoms with van der Waals surface area (Å²) in [6.45, 7) is 9.29. The number of benzene rings is 1. The van der Waals surface area contributed by atoms with E-state index in [4.69, 9.17) is 4.74 Å². The fourth-order valence-corrected chi connectivity index (χ4v) is 2.91. The normalized spacial score (nSPS) is 14.8. The van der Waals surface area contributed by atoms with Gasteiger partial charge in [-0.3, -0.25) is 14.7 Å². The van der Waals surface area contributed by atoms with Crippen molar-refractivity contribution in [2.75, 3.05) is 50.0 Å².